The van der Waals surface area contributed by atoms with Crippen LogP contribution in [0.2, 0.25) is 0 Å². The summed E-state index contributed by atoms with van der Waals surface area (Å²) < 4.78 is 23.8. The van der Waals surface area contributed by atoms with Gasteiger partial charge in [-0.1, -0.05) is 6.11 Å². The van der Waals surface area contributed by atoms with E-state index in [9.17, 15) is 0 Å². The van der Waals surface area contributed by atoms with Crippen molar-refractivity contribution in [3.8, 4) is 18.3 Å². The maximum absolute atomic E-state index is 8.25. The molecule has 16 nitrogen and oxygen atoms in total. The van der Waals surface area contributed by atoms with E-state index in [1.54, 1.807) is 0 Å². The molecular weight excluding hydrogens is 364 g/mol. The summed E-state index contributed by atoms with van der Waals surface area (Å²) in [6.45, 7) is 0. The first-order valence-corrected chi connectivity index (χ1v) is 3.96. The molecular formula is C6H8B2Li2O16+2. The van der Waals surface area contributed by atoms with Crippen molar-refractivity contribution in [3.63, 3.8) is 0 Å². The van der Waals surface area contributed by atoms with Crippen LogP contribution in [0.5, 0.6) is 0 Å². The van der Waals surface area contributed by atoms with Gasteiger partial charge in [-0.15, -0.1) is 0 Å². The van der Waals surface area contributed by atoms with Crippen molar-refractivity contribution < 1.29 is 117 Å². The summed E-state index contributed by atoms with van der Waals surface area (Å²) in [5, 5.41) is 35.1. The SMILES string of the molecule is O.O.O=B[O-].OOC#COO.[C-]#COOO[OH2+].[Li+].[Li+].b1c#cooo[o+]1. The summed E-state index contributed by atoms with van der Waals surface area (Å²) in [5.41, 5.74) is 0. The molecule has 0 fully saturated rings. The van der Waals surface area contributed by atoms with E-state index in [4.69, 9.17) is 31.9 Å². The Hall–Kier alpha value is -2.08. The Balaban J connectivity index is -0.0000000363. The van der Waals surface area contributed by atoms with E-state index >= 15 is 0 Å². The molecule has 0 aliphatic carbocycles. The molecule has 0 aliphatic rings. The maximum atomic E-state index is 8.25. The van der Waals surface area contributed by atoms with Crippen LogP contribution in [0.25, 0.3) is 0 Å². The molecule has 8 N–H and O–H groups in total. The van der Waals surface area contributed by atoms with Crippen molar-refractivity contribution >= 4 is 14.5 Å². The van der Waals surface area contributed by atoms with Crippen molar-refractivity contribution in [1.29, 1.82) is 0 Å². The van der Waals surface area contributed by atoms with Crippen LogP contribution < -0.4 is 42.7 Å². The van der Waals surface area contributed by atoms with Crippen LogP contribution in [-0.4, -0.2) is 41.2 Å². The molecule has 0 spiro atoms. The Morgan fingerprint density at radius 2 is 1.77 bits per heavy atom. The molecule has 0 atom stereocenters. The van der Waals surface area contributed by atoms with Gasteiger partial charge in [-0.2, -0.15) is 10.5 Å². The Morgan fingerprint density at radius 1 is 1.27 bits per heavy atom. The van der Waals surface area contributed by atoms with Crippen molar-refractivity contribution in [2.45, 2.75) is 0 Å². The van der Waals surface area contributed by atoms with Gasteiger partial charge in [0, 0.05) is 0 Å². The molecule has 0 saturated carbocycles. The van der Waals surface area contributed by atoms with Crippen LogP contribution in [0.15, 0.2) is 18.5 Å². The molecule has 134 valence electrons. The molecule has 0 bridgehead atoms. The zero-order valence-electron chi connectivity index (χ0n) is 13.0. The van der Waals surface area contributed by atoms with Crippen LogP contribution in [0.4, 0.5) is 0 Å². The normalized spacial score (nSPS) is 4.69. The van der Waals surface area contributed by atoms with E-state index in [-0.39, 0.29) is 48.7 Å². The van der Waals surface area contributed by atoms with Crippen molar-refractivity contribution in [2.75, 3.05) is 0 Å². The molecule has 20 heteroatoms. The van der Waals surface area contributed by atoms with E-state index in [1.165, 1.54) is 18.3 Å². The third-order valence-electron chi connectivity index (χ3n) is 0.551. The zero-order chi connectivity index (χ0) is 17.3. The molecule has 1 aromatic heterocycles. The first-order valence-electron chi connectivity index (χ1n) is 3.96. The molecule has 0 saturated heterocycles. The third-order valence-corrected chi connectivity index (χ3v) is 0.551. The molecule has 1 heterocycles. The number of hydrogen-bond acceptors (Lipinski definition) is 12. The van der Waals surface area contributed by atoms with E-state index in [0.717, 1.165) is 7.13 Å². The molecule has 0 aromatic carbocycles. The second-order valence-corrected chi connectivity index (χ2v) is 1.50. The molecule has 26 heavy (non-hydrogen) atoms. The van der Waals surface area contributed by atoms with E-state index < -0.39 is 7.35 Å². The summed E-state index contributed by atoms with van der Waals surface area (Å²) in [4.78, 5) is 9.76. The Bertz CT molecular complexity index is 383. The van der Waals surface area contributed by atoms with Gasteiger partial charge in [0.25, 0.3) is 0 Å². The summed E-state index contributed by atoms with van der Waals surface area (Å²) in [6, 6.07) is 0. The Morgan fingerprint density at radius 3 is 2.12 bits per heavy atom. The van der Waals surface area contributed by atoms with Crippen LogP contribution in [0.1, 0.15) is 0 Å². The average molecular weight is 372 g/mol. The molecule has 0 radical (unpaired) electrons. The predicted molar refractivity (Wildman–Crippen MR) is 59.4 cm³/mol. The minimum atomic E-state index is -0.500. The topological polar surface area (TPSA) is 263 Å². The second-order valence-electron chi connectivity index (χ2n) is 1.50. The van der Waals surface area contributed by atoms with Gasteiger partial charge in [0.1, 0.15) is 5.04 Å². The summed E-state index contributed by atoms with van der Waals surface area (Å²) in [5.74, 6) is 2.28. The molecule has 1 aromatic rings. The zero-order valence-corrected chi connectivity index (χ0v) is 13.0. The van der Waals surface area contributed by atoms with Gasteiger partial charge in [-0.25, -0.2) is 5.26 Å². The quantitative estimate of drug-likeness (QED) is 0.0930. The number of hydrogen-bond donors (Lipinski definition) is 2. The van der Waals surface area contributed by atoms with E-state index in [2.05, 4.69) is 55.5 Å². The standard InChI is InChI=1S/C2BO4.C2H2O4.C2HO4.BO2.2Li.2H2O/c1-2-4-6-7-5-3-1;3-5-1-2-6-4;1-2-4-6-5-3;2-1-3;;;;/h;3-4H;3H;;;;2*1H2/q+1;;2*-1;2*+1;;/p+1. The van der Waals surface area contributed by atoms with Gasteiger partial charge in [0.2, 0.25) is 12.2 Å². The molecule has 0 aliphatic heterocycles. The fourth-order valence-electron chi connectivity index (χ4n) is 0.210. The monoisotopic (exact) mass is 372 g/mol. The van der Waals surface area contributed by atoms with Crippen LogP contribution >= 0.6 is 0 Å². The van der Waals surface area contributed by atoms with Crippen LogP contribution in [0.3, 0.4) is 0 Å². The molecule has 0 amide bonds. The van der Waals surface area contributed by atoms with Crippen molar-refractivity contribution in [3.05, 3.63) is 18.6 Å². The van der Waals surface area contributed by atoms with Gasteiger partial charge < -0.3 is 17.4 Å². The van der Waals surface area contributed by atoms with Gasteiger partial charge in [-0.3, -0.25) is 14.7 Å². The fourth-order valence-corrected chi connectivity index (χ4v) is 0.210. The van der Waals surface area contributed by atoms with Crippen LogP contribution in [0, 0.1) is 37.0 Å². The van der Waals surface area contributed by atoms with Crippen molar-refractivity contribution in [2.24, 2.45) is 0 Å². The Kier molecular flexibility index (Phi) is 95.9. The van der Waals surface area contributed by atoms with Gasteiger partial charge in [0.05, 0.1) is 5.04 Å². The van der Waals surface area contributed by atoms with Gasteiger partial charge in [0.15, 0.2) is 0 Å². The summed E-state index contributed by atoms with van der Waals surface area (Å²) >= 11 is 0. The fraction of sp³-hybridized carbons (Fsp3) is 0. The van der Waals surface area contributed by atoms with Gasteiger partial charge in [-0.05, 0) is 0 Å². The number of rotatable bonds is 2. The molecule has 0 unspecified atom stereocenters. The first-order chi connectivity index (χ1) is 10.7. The average Bonchev–Trinajstić information content (AvgIpc) is 2.85. The van der Waals surface area contributed by atoms with Gasteiger partial charge >= 0.3 is 92.7 Å². The molecule has 1 rings (SSSR count). The third kappa shape index (κ3) is 80.4. The van der Waals surface area contributed by atoms with Crippen LogP contribution in [-0.2, 0) is 29.4 Å². The minimum absolute atomic E-state index is 0. The van der Waals surface area contributed by atoms with E-state index in [0.29, 0.717) is 0 Å². The van der Waals surface area contributed by atoms with Crippen molar-refractivity contribution in [1.82, 2.24) is 0 Å². The summed E-state index contributed by atoms with van der Waals surface area (Å²) in [7, 11) is 0.590. The van der Waals surface area contributed by atoms with E-state index in [1.807, 2.05) is 0 Å². The second kappa shape index (κ2) is 56.8. The Labute approximate surface area is 169 Å². The first kappa shape index (κ1) is 43.9. The predicted octanol–water partition coefficient (Wildman–Crippen LogP) is -9.99. The summed E-state index contributed by atoms with van der Waals surface area (Å²) in [6.07, 6.45) is 12.4.